The summed E-state index contributed by atoms with van der Waals surface area (Å²) in [4.78, 5) is 11.5. The van der Waals surface area contributed by atoms with Crippen LogP contribution in [0.1, 0.15) is 24.0 Å². The van der Waals surface area contributed by atoms with Gasteiger partial charge in [0.2, 0.25) is 0 Å². The number of rotatable bonds is 10. The van der Waals surface area contributed by atoms with Crippen LogP contribution in [-0.4, -0.2) is 23.7 Å². The van der Waals surface area contributed by atoms with Crippen LogP contribution in [0.3, 0.4) is 0 Å². The SMILES string of the molecule is N#CCCCOc1cccc(CN[C@@H](Cc2ccccc2)C(=O)O)c1. The second-order valence-corrected chi connectivity index (χ2v) is 5.72. The zero-order valence-corrected chi connectivity index (χ0v) is 14.0. The lowest BCUT2D eigenvalue weighted by Crippen LogP contribution is -2.38. The molecule has 0 radical (unpaired) electrons. The molecule has 0 bridgehead atoms. The Kier molecular flexibility index (Phi) is 7.48. The number of carbonyl (C=O) groups is 1. The minimum Gasteiger partial charge on any atom is -0.494 e. The fraction of sp³-hybridized carbons (Fsp3) is 0.300. The molecular weight excluding hydrogens is 316 g/mol. The van der Waals surface area contributed by atoms with Gasteiger partial charge in [-0.15, -0.1) is 0 Å². The average Bonchev–Trinajstić information content (AvgIpc) is 2.63. The monoisotopic (exact) mass is 338 g/mol. The Bertz CT molecular complexity index is 710. The van der Waals surface area contributed by atoms with Gasteiger partial charge in [0.25, 0.3) is 0 Å². The number of nitrogens with one attached hydrogen (secondary N) is 1. The molecule has 2 aromatic carbocycles. The molecule has 0 unspecified atom stereocenters. The number of nitrogens with zero attached hydrogens (tertiary/aromatic N) is 1. The van der Waals surface area contributed by atoms with Crippen LogP contribution >= 0.6 is 0 Å². The molecule has 2 N–H and O–H groups in total. The summed E-state index contributed by atoms with van der Waals surface area (Å²) >= 11 is 0. The van der Waals surface area contributed by atoms with Gasteiger partial charge in [-0.1, -0.05) is 42.5 Å². The molecule has 0 aliphatic carbocycles. The first-order valence-electron chi connectivity index (χ1n) is 8.28. The molecule has 0 spiro atoms. The lowest BCUT2D eigenvalue weighted by atomic mass is 10.1. The third kappa shape index (κ3) is 6.66. The van der Waals surface area contributed by atoms with Crippen molar-refractivity contribution < 1.29 is 14.6 Å². The van der Waals surface area contributed by atoms with E-state index in [2.05, 4.69) is 11.4 Å². The van der Waals surface area contributed by atoms with Crippen molar-refractivity contribution >= 4 is 5.97 Å². The van der Waals surface area contributed by atoms with Crippen molar-refractivity contribution in [2.75, 3.05) is 6.61 Å². The van der Waals surface area contributed by atoms with Crippen LogP contribution in [0.15, 0.2) is 54.6 Å². The number of carboxylic acid groups (broad SMARTS) is 1. The second-order valence-electron chi connectivity index (χ2n) is 5.72. The maximum Gasteiger partial charge on any atom is 0.321 e. The number of ether oxygens (including phenoxy) is 1. The zero-order valence-electron chi connectivity index (χ0n) is 14.0. The van der Waals surface area contributed by atoms with Crippen molar-refractivity contribution in [1.82, 2.24) is 5.32 Å². The highest BCUT2D eigenvalue weighted by atomic mass is 16.5. The van der Waals surface area contributed by atoms with Crippen LogP contribution < -0.4 is 10.1 Å². The predicted octanol–water partition coefficient (Wildman–Crippen LogP) is 3.15. The molecular formula is C20H22N2O3. The topological polar surface area (TPSA) is 82.3 Å². The number of benzene rings is 2. The second kappa shape index (κ2) is 10.1. The van der Waals surface area contributed by atoms with E-state index in [4.69, 9.17) is 10.00 Å². The number of hydrogen-bond acceptors (Lipinski definition) is 4. The molecule has 0 amide bonds. The summed E-state index contributed by atoms with van der Waals surface area (Å²) in [6.07, 6.45) is 1.60. The van der Waals surface area contributed by atoms with Crippen molar-refractivity contribution in [3.05, 3.63) is 65.7 Å². The summed E-state index contributed by atoms with van der Waals surface area (Å²) in [6, 6.07) is 18.6. The van der Waals surface area contributed by atoms with Crippen LogP contribution in [-0.2, 0) is 17.8 Å². The van der Waals surface area contributed by atoms with Crippen molar-refractivity contribution in [1.29, 1.82) is 5.26 Å². The maximum atomic E-state index is 11.5. The number of nitriles is 1. The molecule has 0 saturated carbocycles. The Balaban J connectivity index is 1.89. The number of hydrogen-bond donors (Lipinski definition) is 2. The van der Waals surface area contributed by atoms with E-state index < -0.39 is 12.0 Å². The summed E-state index contributed by atoms with van der Waals surface area (Å²) in [5, 5.41) is 21.0. The first kappa shape index (κ1) is 18.5. The lowest BCUT2D eigenvalue weighted by Gasteiger charge is -2.15. The minimum atomic E-state index is -0.868. The zero-order chi connectivity index (χ0) is 17.9. The van der Waals surface area contributed by atoms with Gasteiger partial charge in [-0.2, -0.15) is 5.26 Å². The molecule has 0 aliphatic rings. The Labute approximate surface area is 147 Å². The molecule has 1 atom stereocenters. The van der Waals surface area contributed by atoms with Crippen molar-refractivity contribution in [3.63, 3.8) is 0 Å². The van der Waals surface area contributed by atoms with Gasteiger partial charge < -0.3 is 15.2 Å². The van der Waals surface area contributed by atoms with Gasteiger partial charge in [0.05, 0.1) is 12.7 Å². The van der Waals surface area contributed by atoms with E-state index in [1.165, 1.54) is 0 Å². The van der Waals surface area contributed by atoms with E-state index in [9.17, 15) is 9.90 Å². The van der Waals surface area contributed by atoms with E-state index in [0.717, 1.165) is 16.9 Å². The highest BCUT2D eigenvalue weighted by molar-refractivity contribution is 5.73. The van der Waals surface area contributed by atoms with Gasteiger partial charge in [0.15, 0.2) is 0 Å². The van der Waals surface area contributed by atoms with E-state index >= 15 is 0 Å². The van der Waals surface area contributed by atoms with Crippen LogP contribution in [0.4, 0.5) is 0 Å². The maximum absolute atomic E-state index is 11.5. The van der Waals surface area contributed by atoms with E-state index in [0.29, 0.717) is 32.4 Å². The Hall–Kier alpha value is -2.84. The molecule has 5 nitrogen and oxygen atoms in total. The Morgan fingerprint density at radius 2 is 1.92 bits per heavy atom. The molecule has 2 aromatic rings. The number of unbranched alkanes of at least 4 members (excludes halogenated alkanes) is 1. The van der Waals surface area contributed by atoms with Gasteiger partial charge in [0, 0.05) is 13.0 Å². The quantitative estimate of drug-likeness (QED) is 0.650. The summed E-state index contributed by atoms with van der Waals surface area (Å²) in [5.41, 5.74) is 1.94. The van der Waals surface area contributed by atoms with E-state index in [1.807, 2.05) is 54.6 Å². The minimum absolute atomic E-state index is 0.431. The standard InChI is InChI=1S/C20H22N2O3/c21-11-4-5-12-25-18-10-6-9-17(13-18)15-22-19(20(23)24)14-16-7-2-1-3-8-16/h1-3,6-10,13,19,22H,4-5,12,14-15H2,(H,23,24)/t19-/m0/s1. The predicted molar refractivity (Wildman–Crippen MR) is 95.2 cm³/mol. The first-order chi connectivity index (χ1) is 12.2. The third-order valence-electron chi connectivity index (χ3n) is 3.73. The van der Waals surface area contributed by atoms with Crippen LogP contribution in [0.25, 0.3) is 0 Å². The molecule has 0 aliphatic heterocycles. The molecule has 0 aromatic heterocycles. The molecule has 5 heteroatoms. The van der Waals surface area contributed by atoms with Crippen molar-refractivity contribution in [2.45, 2.75) is 31.8 Å². The van der Waals surface area contributed by atoms with Gasteiger partial charge in [-0.25, -0.2) is 0 Å². The van der Waals surface area contributed by atoms with Gasteiger partial charge in [-0.05, 0) is 36.1 Å². The van der Waals surface area contributed by atoms with Crippen LogP contribution in [0, 0.1) is 11.3 Å². The van der Waals surface area contributed by atoms with Gasteiger partial charge in [0.1, 0.15) is 11.8 Å². The third-order valence-corrected chi connectivity index (χ3v) is 3.73. The number of aliphatic carboxylic acids is 1. The highest BCUT2D eigenvalue weighted by Gasteiger charge is 2.17. The molecule has 2 rings (SSSR count). The van der Waals surface area contributed by atoms with E-state index in [1.54, 1.807) is 0 Å². The Morgan fingerprint density at radius 3 is 2.64 bits per heavy atom. The number of carboxylic acids is 1. The van der Waals surface area contributed by atoms with Gasteiger partial charge >= 0.3 is 5.97 Å². The van der Waals surface area contributed by atoms with Crippen LogP contribution in [0.5, 0.6) is 5.75 Å². The first-order valence-corrected chi connectivity index (χ1v) is 8.28. The Morgan fingerprint density at radius 1 is 1.16 bits per heavy atom. The smallest absolute Gasteiger partial charge is 0.321 e. The van der Waals surface area contributed by atoms with Crippen molar-refractivity contribution in [2.24, 2.45) is 0 Å². The molecule has 130 valence electrons. The fourth-order valence-electron chi connectivity index (χ4n) is 2.42. The summed E-state index contributed by atoms with van der Waals surface area (Å²) in [6.45, 7) is 0.940. The molecule has 0 fully saturated rings. The van der Waals surface area contributed by atoms with E-state index in [-0.39, 0.29) is 0 Å². The fourth-order valence-corrected chi connectivity index (χ4v) is 2.42. The molecule has 25 heavy (non-hydrogen) atoms. The van der Waals surface area contributed by atoms with Gasteiger partial charge in [-0.3, -0.25) is 4.79 Å². The normalized spacial score (nSPS) is 11.5. The summed E-state index contributed by atoms with van der Waals surface area (Å²) < 4.78 is 5.60. The van der Waals surface area contributed by atoms with Crippen molar-refractivity contribution in [3.8, 4) is 11.8 Å². The average molecular weight is 338 g/mol. The summed E-state index contributed by atoms with van der Waals surface area (Å²) in [5.74, 6) is -0.139. The molecule has 0 saturated heterocycles. The highest BCUT2D eigenvalue weighted by Crippen LogP contribution is 2.14. The van der Waals surface area contributed by atoms with Crippen LogP contribution in [0.2, 0.25) is 0 Å². The lowest BCUT2D eigenvalue weighted by molar-refractivity contribution is -0.139. The summed E-state index contributed by atoms with van der Waals surface area (Å²) in [7, 11) is 0. The largest absolute Gasteiger partial charge is 0.494 e. The molecule has 0 heterocycles.